The smallest absolute Gasteiger partial charge is 0.410 e. The van der Waals surface area contributed by atoms with E-state index >= 15 is 0 Å². The second-order valence-corrected chi connectivity index (χ2v) is 9.33. The third-order valence-electron chi connectivity index (χ3n) is 5.01. The van der Waals surface area contributed by atoms with Gasteiger partial charge in [0.15, 0.2) is 0 Å². The molecule has 2 amide bonds. The van der Waals surface area contributed by atoms with Gasteiger partial charge in [0.1, 0.15) is 11.6 Å². The zero-order valence-electron chi connectivity index (χ0n) is 17.8. The van der Waals surface area contributed by atoms with Crippen LogP contribution in [0.25, 0.3) is 10.4 Å². The molecule has 7 nitrogen and oxygen atoms in total. The standard InChI is InChI=1S/C22H29N3O4S/c1-14(15-7-9-16(10-8-15)19-17(12-26)23-13-30-19)24-20(27)18-6-5-11-25(18)21(28)29-22(2,3)4/h7-10,13-14,18,26H,5-6,11-12H2,1-4H3,(H,24,27)/t14-,18-/m0/s1. The van der Waals surface area contributed by atoms with Gasteiger partial charge < -0.3 is 15.2 Å². The number of aromatic nitrogens is 1. The molecule has 2 aromatic rings. The van der Waals surface area contributed by atoms with Crippen molar-refractivity contribution in [2.75, 3.05) is 6.54 Å². The van der Waals surface area contributed by atoms with Crippen molar-refractivity contribution < 1.29 is 19.4 Å². The molecular weight excluding hydrogens is 402 g/mol. The van der Waals surface area contributed by atoms with E-state index in [4.69, 9.17) is 4.74 Å². The molecule has 30 heavy (non-hydrogen) atoms. The highest BCUT2D eigenvalue weighted by atomic mass is 32.1. The Morgan fingerprint density at radius 2 is 2.03 bits per heavy atom. The van der Waals surface area contributed by atoms with Crippen LogP contribution in [-0.2, 0) is 16.1 Å². The minimum atomic E-state index is -0.594. The average molecular weight is 432 g/mol. The number of rotatable bonds is 5. The topological polar surface area (TPSA) is 91.8 Å². The number of likely N-dealkylation sites (tertiary alicyclic amines) is 1. The van der Waals surface area contributed by atoms with Gasteiger partial charge in [0.2, 0.25) is 5.91 Å². The van der Waals surface area contributed by atoms with Gasteiger partial charge in [-0.05, 0) is 51.7 Å². The van der Waals surface area contributed by atoms with Gasteiger partial charge in [0.05, 0.1) is 28.7 Å². The summed E-state index contributed by atoms with van der Waals surface area (Å²) in [7, 11) is 0. The highest BCUT2D eigenvalue weighted by Crippen LogP contribution is 2.29. The van der Waals surface area contributed by atoms with Crippen LogP contribution >= 0.6 is 11.3 Å². The van der Waals surface area contributed by atoms with E-state index in [-0.39, 0.29) is 18.6 Å². The fourth-order valence-electron chi connectivity index (χ4n) is 3.51. The molecule has 0 saturated carbocycles. The van der Waals surface area contributed by atoms with Crippen LogP contribution < -0.4 is 5.32 Å². The van der Waals surface area contributed by atoms with Crippen LogP contribution in [0.1, 0.15) is 57.8 Å². The monoisotopic (exact) mass is 431 g/mol. The first-order valence-electron chi connectivity index (χ1n) is 10.1. The summed E-state index contributed by atoms with van der Waals surface area (Å²) >= 11 is 1.49. The molecule has 1 aromatic carbocycles. The van der Waals surface area contributed by atoms with Gasteiger partial charge in [-0.25, -0.2) is 9.78 Å². The first-order valence-corrected chi connectivity index (χ1v) is 11.0. The summed E-state index contributed by atoms with van der Waals surface area (Å²) in [6, 6.07) is 7.14. The maximum absolute atomic E-state index is 12.9. The van der Waals surface area contributed by atoms with Crippen LogP contribution in [0.15, 0.2) is 29.8 Å². The van der Waals surface area contributed by atoms with E-state index in [9.17, 15) is 14.7 Å². The highest BCUT2D eigenvalue weighted by molar-refractivity contribution is 7.13. The number of nitrogens with zero attached hydrogens (tertiary/aromatic N) is 2. The Morgan fingerprint density at radius 3 is 2.67 bits per heavy atom. The maximum Gasteiger partial charge on any atom is 0.410 e. The van der Waals surface area contributed by atoms with Crippen molar-refractivity contribution in [1.82, 2.24) is 15.2 Å². The maximum atomic E-state index is 12.9. The molecule has 0 spiro atoms. The Morgan fingerprint density at radius 1 is 1.33 bits per heavy atom. The quantitative estimate of drug-likeness (QED) is 0.750. The summed E-state index contributed by atoms with van der Waals surface area (Å²) < 4.78 is 5.44. The molecule has 2 N–H and O–H groups in total. The normalized spacial score (nSPS) is 17.6. The van der Waals surface area contributed by atoms with Crippen LogP contribution in [0.2, 0.25) is 0 Å². The van der Waals surface area contributed by atoms with E-state index in [0.29, 0.717) is 18.7 Å². The molecule has 0 aliphatic carbocycles. The molecule has 3 rings (SSSR count). The number of nitrogens with one attached hydrogen (secondary N) is 1. The molecule has 1 aliphatic heterocycles. The summed E-state index contributed by atoms with van der Waals surface area (Å²) in [6.07, 6.45) is 0.968. The molecule has 2 atom stereocenters. The van der Waals surface area contributed by atoms with Crippen LogP contribution in [-0.4, -0.2) is 45.2 Å². The molecule has 1 fully saturated rings. The van der Waals surface area contributed by atoms with E-state index in [1.807, 2.05) is 52.0 Å². The van der Waals surface area contributed by atoms with Crippen molar-refractivity contribution in [3.05, 3.63) is 41.0 Å². The van der Waals surface area contributed by atoms with E-state index in [2.05, 4.69) is 10.3 Å². The number of hydrogen-bond acceptors (Lipinski definition) is 6. The van der Waals surface area contributed by atoms with Gasteiger partial charge in [0, 0.05) is 6.54 Å². The van der Waals surface area contributed by atoms with Crippen molar-refractivity contribution in [3.63, 3.8) is 0 Å². The molecule has 0 radical (unpaired) electrons. The summed E-state index contributed by atoms with van der Waals surface area (Å²) in [6.45, 7) is 7.80. The summed E-state index contributed by atoms with van der Waals surface area (Å²) in [5.74, 6) is -0.167. The summed E-state index contributed by atoms with van der Waals surface area (Å²) in [4.78, 5) is 31.9. The third-order valence-corrected chi connectivity index (χ3v) is 5.92. The molecule has 2 heterocycles. The van der Waals surface area contributed by atoms with Crippen molar-refractivity contribution in [3.8, 4) is 10.4 Å². The lowest BCUT2D eigenvalue weighted by Gasteiger charge is -2.28. The van der Waals surface area contributed by atoms with Crippen molar-refractivity contribution in [1.29, 1.82) is 0 Å². The molecular formula is C22H29N3O4S. The predicted molar refractivity (Wildman–Crippen MR) is 116 cm³/mol. The summed E-state index contributed by atoms with van der Waals surface area (Å²) in [5.41, 5.74) is 3.73. The number of benzene rings is 1. The lowest BCUT2D eigenvalue weighted by Crippen LogP contribution is -2.48. The van der Waals surface area contributed by atoms with Crippen LogP contribution in [0.4, 0.5) is 4.79 Å². The SMILES string of the molecule is C[C@H](NC(=O)[C@@H]1CCCN1C(=O)OC(C)(C)C)c1ccc(-c2scnc2CO)cc1. The van der Waals surface area contributed by atoms with Crippen LogP contribution in [0.5, 0.6) is 0 Å². The Bertz CT molecular complexity index is 889. The number of aliphatic hydroxyl groups is 1. The lowest BCUT2D eigenvalue weighted by molar-refractivity contribution is -0.126. The van der Waals surface area contributed by atoms with Gasteiger partial charge in [-0.3, -0.25) is 9.69 Å². The predicted octanol–water partition coefficient (Wildman–Crippen LogP) is 3.88. The minimum Gasteiger partial charge on any atom is -0.444 e. The molecule has 0 unspecified atom stereocenters. The van der Waals surface area contributed by atoms with E-state index in [1.165, 1.54) is 16.2 Å². The van der Waals surface area contributed by atoms with Crippen LogP contribution in [0, 0.1) is 0 Å². The molecule has 0 bridgehead atoms. The number of aliphatic hydroxyl groups excluding tert-OH is 1. The van der Waals surface area contributed by atoms with E-state index < -0.39 is 17.7 Å². The van der Waals surface area contributed by atoms with E-state index in [0.717, 1.165) is 22.4 Å². The van der Waals surface area contributed by atoms with Gasteiger partial charge in [0.25, 0.3) is 0 Å². The Labute approximate surface area is 181 Å². The minimum absolute atomic E-state index is 0.0947. The molecule has 1 aromatic heterocycles. The number of hydrogen-bond donors (Lipinski definition) is 2. The Kier molecular flexibility index (Phi) is 6.77. The van der Waals surface area contributed by atoms with Crippen molar-refractivity contribution in [2.24, 2.45) is 0 Å². The molecule has 1 saturated heterocycles. The van der Waals surface area contributed by atoms with E-state index in [1.54, 1.807) is 5.51 Å². The first-order chi connectivity index (χ1) is 14.2. The third kappa shape index (κ3) is 5.17. The number of thiazole rings is 1. The second-order valence-electron chi connectivity index (χ2n) is 8.47. The number of ether oxygens (including phenoxy) is 1. The largest absolute Gasteiger partial charge is 0.444 e. The van der Waals surface area contributed by atoms with Gasteiger partial charge in [-0.1, -0.05) is 24.3 Å². The number of amides is 2. The molecule has 162 valence electrons. The molecule has 1 aliphatic rings. The first kappa shape index (κ1) is 22.2. The fraction of sp³-hybridized carbons (Fsp3) is 0.500. The van der Waals surface area contributed by atoms with Gasteiger partial charge >= 0.3 is 6.09 Å². The Balaban J connectivity index is 1.64. The van der Waals surface area contributed by atoms with Crippen LogP contribution in [0.3, 0.4) is 0 Å². The lowest BCUT2D eigenvalue weighted by atomic mass is 10.0. The zero-order chi connectivity index (χ0) is 21.9. The average Bonchev–Trinajstić information content (AvgIpc) is 3.36. The highest BCUT2D eigenvalue weighted by Gasteiger charge is 2.37. The van der Waals surface area contributed by atoms with Crippen molar-refractivity contribution in [2.45, 2.75) is 64.8 Å². The molecule has 8 heteroatoms. The fourth-order valence-corrected chi connectivity index (χ4v) is 4.32. The zero-order valence-corrected chi connectivity index (χ0v) is 18.7. The number of carbonyl (C=O) groups excluding carboxylic acids is 2. The van der Waals surface area contributed by atoms with Crippen molar-refractivity contribution >= 4 is 23.3 Å². The second kappa shape index (κ2) is 9.14. The summed E-state index contributed by atoms with van der Waals surface area (Å²) in [5, 5.41) is 12.4. The van der Waals surface area contributed by atoms with Gasteiger partial charge in [-0.15, -0.1) is 11.3 Å². The van der Waals surface area contributed by atoms with Gasteiger partial charge in [-0.2, -0.15) is 0 Å². The number of carbonyl (C=O) groups is 2. The Hall–Kier alpha value is -2.45.